The van der Waals surface area contributed by atoms with E-state index < -0.39 is 0 Å². The number of rotatable bonds is 8. The first-order chi connectivity index (χ1) is 10.2. The number of ether oxygens (including phenoxy) is 2. The maximum Gasteiger partial charge on any atom is 0.161 e. The number of benzene rings is 1. The van der Waals surface area contributed by atoms with E-state index in [0.717, 1.165) is 29.5 Å². The molecule has 5 heteroatoms. The average molecular weight is 306 g/mol. The number of nitrogens with one attached hydrogen (secondary N) is 1. The van der Waals surface area contributed by atoms with Crippen molar-refractivity contribution < 1.29 is 9.47 Å². The first-order valence-corrected chi connectivity index (χ1v) is 7.94. The van der Waals surface area contributed by atoms with Gasteiger partial charge in [-0.2, -0.15) is 0 Å². The Balaban J connectivity index is 1.95. The minimum atomic E-state index is 0.520. The summed E-state index contributed by atoms with van der Waals surface area (Å²) in [6.07, 6.45) is 1.82. The van der Waals surface area contributed by atoms with Crippen molar-refractivity contribution in [1.29, 1.82) is 0 Å². The Morgan fingerprint density at radius 1 is 1.29 bits per heavy atom. The normalized spacial score (nSPS) is 10.9. The van der Waals surface area contributed by atoms with Gasteiger partial charge in [-0.05, 0) is 30.2 Å². The summed E-state index contributed by atoms with van der Waals surface area (Å²) >= 11 is 1.59. The molecule has 1 N–H and O–H groups in total. The molecule has 0 spiro atoms. The van der Waals surface area contributed by atoms with Crippen molar-refractivity contribution in [3.8, 4) is 11.5 Å². The Morgan fingerprint density at radius 2 is 2.14 bits per heavy atom. The molecule has 0 radical (unpaired) electrons. The highest BCUT2D eigenvalue weighted by atomic mass is 32.1. The third-order valence-corrected chi connectivity index (χ3v) is 3.72. The minimum absolute atomic E-state index is 0.520. The van der Waals surface area contributed by atoms with E-state index in [-0.39, 0.29) is 0 Å². The number of methoxy groups -OCH3 is 1. The van der Waals surface area contributed by atoms with Crippen LogP contribution in [0.3, 0.4) is 0 Å². The third-order valence-electron chi connectivity index (χ3n) is 2.96. The molecule has 0 saturated heterocycles. The molecule has 4 nitrogen and oxygen atoms in total. The number of aromatic nitrogens is 1. The quantitative estimate of drug-likeness (QED) is 0.811. The molecule has 0 fully saturated rings. The van der Waals surface area contributed by atoms with Gasteiger partial charge in [-0.25, -0.2) is 0 Å². The zero-order chi connectivity index (χ0) is 15.1. The van der Waals surface area contributed by atoms with Crippen LogP contribution in [0.5, 0.6) is 11.5 Å². The van der Waals surface area contributed by atoms with Crippen LogP contribution < -0.4 is 14.8 Å². The fraction of sp³-hybridized carbons (Fsp3) is 0.438. The van der Waals surface area contributed by atoms with Gasteiger partial charge >= 0.3 is 0 Å². The summed E-state index contributed by atoms with van der Waals surface area (Å²) < 4.78 is 11.2. The van der Waals surface area contributed by atoms with E-state index in [9.17, 15) is 0 Å². The molecule has 1 aromatic carbocycles. The SMILES string of the molecule is COc1cc(CNCC(C)C)ccc1OCc1cncs1. The number of nitrogens with zero attached hydrogens (tertiary/aromatic N) is 1. The second-order valence-electron chi connectivity index (χ2n) is 5.27. The highest BCUT2D eigenvalue weighted by Crippen LogP contribution is 2.29. The van der Waals surface area contributed by atoms with Gasteiger partial charge in [0.05, 0.1) is 17.5 Å². The zero-order valence-corrected chi connectivity index (χ0v) is 13.6. The van der Waals surface area contributed by atoms with Gasteiger partial charge in [0.2, 0.25) is 0 Å². The second kappa shape index (κ2) is 8.00. The van der Waals surface area contributed by atoms with Crippen LogP contribution >= 0.6 is 11.3 Å². The molecule has 0 bridgehead atoms. The van der Waals surface area contributed by atoms with Gasteiger partial charge in [-0.15, -0.1) is 11.3 Å². The topological polar surface area (TPSA) is 43.4 Å². The summed E-state index contributed by atoms with van der Waals surface area (Å²) in [6, 6.07) is 6.06. The van der Waals surface area contributed by atoms with E-state index in [4.69, 9.17) is 9.47 Å². The van der Waals surface area contributed by atoms with Gasteiger partial charge in [0, 0.05) is 12.7 Å². The van der Waals surface area contributed by atoms with Crippen LogP contribution in [0.25, 0.3) is 0 Å². The van der Waals surface area contributed by atoms with Crippen LogP contribution in [0.4, 0.5) is 0 Å². The third kappa shape index (κ3) is 5.02. The summed E-state index contributed by atoms with van der Waals surface area (Å²) in [5.74, 6) is 2.18. The lowest BCUT2D eigenvalue weighted by atomic mass is 10.2. The van der Waals surface area contributed by atoms with Crippen molar-refractivity contribution in [2.24, 2.45) is 5.92 Å². The van der Waals surface area contributed by atoms with Crippen LogP contribution in [0.1, 0.15) is 24.3 Å². The first kappa shape index (κ1) is 15.8. The van der Waals surface area contributed by atoms with E-state index in [1.54, 1.807) is 24.0 Å². The second-order valence-corrected chi connectivity index (χ2v) is 6.24. The summed E-state index contributed by atoms with van der Waals surface area (Å²) in [4.78, 5) is 5.14. The molecular formula is C16H22N2O2S. The molecule has 1 aromatic heterocycles. The van der Waals surface area contributed by atoms with E-state index in [0.29, 0.717) is 12.5 Å². The molecule has 21 heavy (non-hydrogen) atoms. The van der Waals surface area contributed by atoms with Crippen LogP contribution in [0.2, 0.25) is 0 Å². The van der Waals surface area contributed by atoms with E-state index in [1.807, 2.05) is 18.3 Å². The predicted octanol–water partition coefficient (Wildman–Crippen LogP) is 3.48. The molecule has 0 saturated carbocycles. The van der Waals surface area contributed by atoms with E-state index in [2.05, 4.69) is 30.2 Å². The van der Waals surface area contributed by atoms with Crippen molar-refractivity contribution >= 4 is 11.3 Å². The highest BCUT2D eigenvalue weighted by Gasteiger charge is 2.07. The van der Waals surface area contributed by atoms with Crippen molar-refractivity contribution in [3.63, 3.8) is 0 Å². The number of thiazole rings is 1. The van der Waals surface area contributed by atoms with Crippen molar-refractivity contribution in [2.45, 2.75) is 27.0 Å². The maximum atomic E-state index is 5.80. The van der Waals surface area contributed by atoms with Crippen LogP contribution in [-0.2, 0) is 13.2 Å². The average Bonchev–Trinajstić information content (AvgIpc) is 2.98. The predicted molar refractivity (Wildman–Crippen MR) is 86.0 cm³/mol. The lowest BCUT2D eigenvalue weighted by Crippen LogP contribution is -2.18. The molecule has 0 atom stereocenters. The maximum absolute atomic E-state index is 5.80. The number of hydrogen-bond donors (Lipinski definition) is 1. The zero-order valence-electron chi connectivity index (χ0n) is 12.8. The molecule has 2 aromatic rings. The lowest BCUT2D eigenvalue weighted by molar-refractivity contribution is 0.287. The Labute approximate surface area is 130 Å². The van der Waals surface area contributed by atoms with Gasteiger partial charge in [0.25, 0.3) is 0 Å². The monoisotopic (exact) mass is 306 g/mol. The molecule has 0 aliphatic heterocycles. The Hall–Kier alpha value is -1.59. The largest absolute Gasteiger partial charge is 0.493 e. The van der Waals surface area contributed by atoms with Gasteiger partial charge in [-0.1, -0.05) is 19.9 Å². The Morgan fingerprint density at radius 3 is 2.81 bits per heavy atom. The minimum Gasteiger partial charge on any atom is -0.493 e. The molecular weight excluding hydrogens is 284 g/mol. The molecule has 0 unspecified atom stereocenters. The molecule has 2 rings (SSSR count). The Kier molecular flexibility index (Phi) is 6.02. The lowest BCUT2D eigenvalue weighted by Gasteiger charge is -2.12. The molecule has 114 valence electrons. The summed E-state index contributed by atoms with van der Waals surface area (Å²) in [5.41, 5.74) is 3.00. The fourth-order valence-electron chi connectivity index (χ4n) is 1.91. The standard InChI is InChI=1S/C16H22N2O2S/c1-12(2)7-17-8-13-4-5-15(16(6-13)19-3)20-10-14-9-18-11-21-14/h4-6,9,11-12,17H,7-8,10H2,1-3H3. The van der Waals surface area contributed by atoms with Crippen molar-refractivity contribution in [2.75, 3.05) is 13.7 Å². The van der Waals surface area contributed by atoms with Crippen molar-refractivity contribution in [3.05, 3.63) is 40.3 Å². The summed E-state index contributed by atoms with van der Waals surface area (Å²) in [5, 5.41) is 3.42. The molecule has 0 aliphatic rings. The Bertz CT molecular complexity index is 541. The van der Waals surface area contributed by atoms with Crippen molar-refractivity contribution in [1.82, 2.24) is 10.3 Å². The highest BCUT2D eigenvalue weighted by molar-refractivity contribution is 7.09. The summed E-state index contributed by atoms with van der Waals surface area (Å²) in [7, 11) is 1.67. The van der Waals surface area contributed by atoms with E-state index in [1.165, 1.54) is 5.56 Å². The summed E-state index contributed by atoms with van der Waals surface area (Å²) in [6.45, 7) is 6.76. The van der Waals surface area contributed by atoms with Crippen LogP contribution in [0.15, 0.2) is 29.9 Å². The number of hydrogen-bond acceptors (Lipinski definition) is 5. The molecule has 0 amide bonds. The van der Waals surface area contributed by atoms with Gasteiger partial charge in [-0.3, -0.25) is 4.98 Å². The van der Waals surface area contributed by atoms with Gasteiger partial charge < -0.3 is 14.8 Å². The van der Waals surface area contributed by atoms with E-state index >= 15 is 0 Å². The molecule has 0 aliphatic carbocycles. The van der Waals surface area contributed by atoms with Gasteiger partial charge in [0.1, 0.15) is 6.61 Å². The van der Waals surface area contributed by atoms with Gasteiger partial charge in [0.15, 0.2) is 11.5 Å². The fourth-order valence-corrected chi connectivity index (χ4v) is 2.41. The molecule has 1 heterocycles. The van der Waals surface area contributed by atoms with Crippen LogP contribution in [0, 0.1) is 5.92 Å². The first-order valence-electron chi connectivity index (χ1n) is 7.07. The van der Waals surface area contributed by atoms with Crippen LogP contribution in [-0.4, -0.2) is 18.6 Å². The smallest absolute Gasteiger partial charge is 0.161 e.